The van der Waals surface area contributed by atoms with Gasteiger partial charge in [-0.15, -0.1) is 0 Å². The lowest BCUT2D eigenvalue weighted by atomic mass is 9.99. The first-order chi connectivity index (χ1) is 17.4. The van der Waals surface area contributed by atoms with Gasteiger partial charge in [-0.2, -0.15) is 0 Å². The lowest BCUT2D eigenvalue weighted by Crippen LogP contribution is -2.34. The molecular weight excluding hydrogens is 456 g/mol. The molecule has 1 aliphatic rings. The fourth-order valence-electron chi connectivity index (χ4n) is 3.97. The number of likely N-dealkylation sites (N-methyl/N-ethyl adjacent to an activating group) is 2. The Kier molecular flexibility index (Phi) is 7.46. The molecule has 1 aliphatic heterocycles. The van der Waals surface area contributed by atoms with E-state index >= 15 is 0 Å². The minimum Gasteiger partial charge on any atom is -0.462 e. The molecule has 8 nitrogen and oxygen atoms in total. The predicted molar refractivity (Wildman–Crippen MR) is 142 cm³/mol. The van der Waals surface area contributed by atoms with Gasteiger partial charge in [0.2, 0.25) is 5.91 Å². The van der Waals surface area contributed by atoms with Gasteiger partial charge in [0.05, 0.1) is 35.7 Å². The number of amides is 2. The molecule has 0 radical (unpaired) electrons. The second kappa shape index (κ2) is 10.9. The summed E-state index contributed by atoms with van der Waals surface area (Å²) in [5.41, 5.74) is 5.05. The minimum atomic E-state index is -0.438. The summed E-state index contributed by atoms with van der Waals surface area (Å²) in [5, 5.41) is 9.13. The normalized spacial score (nSPS) is 13.5. The third kappa shape index (κ3) is 5.13. The van der Waals surface area contributed by atoms with Crippen molar-refractivity contribution < 1.29 is 19.1 Å². The highest BCUT2D eigenvalue weighted by molar-refractivity contribution is 6.37. The van der Waals surface area contributed by atoms with Crippen molar-refractivity contribution in [3.8, 4) is 0 Å². The van der Waals surface area contributed by atoms with Gasteiger partial charge in [0.25, 0.3) is 5.91 Å². The molecule has 0 fully saturated rings. The van der Waals surface area contributed by atoms with E-state index in [2.05, 4.69) is 16.0 Å². The Morgan fingerprint density at radius 2 is 1.69 bits per heavy atom. The number of anilines is 3. The third-order valence-electron chi connectivity index (χ3n) is 5.81. The Balaban J connectivity index is 1.72. The number of esters is 1. The molecule has 0 saturated carbocycles. The van der Waals surface area contributed by atoms with E-state index in [1.165, 1.54) is 0 Å². The van der Waals surface area contributed by atoms with Crippen LogP contribution in [-0.2, 0) is 14.3 Å². The van der Waals surface area contributed by atoms with Gasteiger partial charge in [-0.25, -0.2) is 4.79 Å². The summed E-state index contributed by atoms with van der Waals surface area (Å²) >= 11 is 0. The van der Waals surface area contributed by atoms with E-state index in [1.54, 1.807) is 44.1 Å². The van der Waals surface area contributed by atoms with Gasteiger partial charge in [0.15, 0.2) is 0 Å². The van der Waals surface area contributed by atoms with E-state index in [4.69, 9.17) is 4.74 Å². The van der Waals surface area contributed by atoms with Gasteiger partial charge < -0.3 is 25.6 Å². The van der Waals surface area contributed by atoms with E-state index in [0.29, 0.717) is 28.1 Å². The molecule has 0 aliphatic carbocycles. The number of fused-ring (bicyclic) bond motifs is 1. The standard InChI is InChI=1S/C28H28N4O4/c1-4-36-28(35)19-10-15-22-23(16-19)31-27(34)25(22)26(18-8-6-5-7-9-18)30-20-11-13-21(14-12-20)32(3)24(33)17-29-2/h5-16,29-30H,4,17H2,1-3H3,(H,31,34)/b26-25+. The van der Waals surface area contributed by atoms with Crippen LogP contribution >= 0.6 is 0 Å². The SMILES string of the molecule is CCOC(=O)c1ccc2c(c1)NC(=O)/C2=C(/Nc1ccc(N(C)C(=O)CNC)cc1)c1ccccc1. The van der Waals surface area contributed by atoms with Crippen molar-refractivity contribution in [2.45, 2.75) is 6.92 Å². The second-order valence-electron chi connectivity index (χ2n) is 8.21. The molecular formula is C28H28N4O4. The summed E-state index contributed by atoms with van der Waals surface area (Å²) in [6.45, 7) is 2.26. The molecule has 0 aromatic heterocycles. The Morgan fingerprint density at radius 1 is 0.972 bits per heavy atom. The monoisotopic (exact) mass is 484 g/mol. The Hall–Kier alpha value is -4.43. The average Bonchev–Trinajstić information content (AvgIpc) is 3.22. The lowest BCUT2D eigenvalue weighted by Gasteiger charge is -2.19. The Labute approximate surface area is 210 Å². The fourth-order valence-corrected chi connectivity index (χ4v) is 3.97. The van der Waals surface area contributed by atoms with Crippen molar-refractivity contribution in [2.75, 3.05) is 42.8 Å². The highest BCUT2D eigenvalue weighted by atomic mass is 16.5. The van der Waals surface area contributed by atoms with Crippen LogP contribution in [0, 0.1) is 0 Å². The van der Waals surface area contributed by atoms with Crippen LogP contribution in [-0.4, -0.2) is 45.0 Å². The van der Waals surface area contributed by atoms with E-state index in [1.807, 2.05) is 54.6 Å². The minimum absolute atomic E-state index is 0.0493. The van der Waals surface area contributed by atoms with E-state index in [-0.39, 0.29) is 25.0 Å². The van der Waals surface area contributed by atoms with Crippen LogP contribution in [0.2, 0.25) is 0 Å². The molecule has 4 rings (SSSR count). The summed E-state index contributed by atoms with van der Waals surface area (Å²) in [6, 6.07) is 22.0. The highest BCUT2D eigenvalue weighted by Gasteiger charge is 2.29. The summed E-state index contributed by atoms with van der Waals surface area (Å²) in [7, 11) is 3.45. The molecule has 0 bridgehead atoms. The molecule has 184 valence electrons. The number of nitrogens with one attached hydrogen (secondary N) is 3. The number of carbonyl (C=O) groups excluding carboxylic acids is 3. The maximum Gasteiger partial charge on any atom is 0.338 e. The van der Waals surface area contributed by atoms with Gasteiger partial charge in [0, 0.05) is 24.0 Å². The lowest BCUT2D eigenvalue weighted by molar-refractivity contribution is -0.117. The topological polar surface area (TPSA) is 99.8 Å². The molecule has 2 amide bonds. The molecule has 3 aromatic carbocycles. The largest absolute Gasteiger partial charge is 0.462 e. The number of nitrogens with zero attached hydrogens (tertiary/aromatic N) is 1. The van der Waals surface area contributed by atoms with Gasteiger partial charge >= 0.3 is 5.97 Å². The van der Waals surface area contributed by atoms with Crippen LogP contribution in [0.3, 0.4) is 0 Å². The van der Waals surface area contributed by atoms with E-state index in [0.717, 1.165) is 16.9 Å². The number of benzene rings is 3. The molecule has 8 heteroatoms. The summed E-state index contributed by atoms with van der Waals surface area (Å²) in [6.07, 6.45) is 0. The molecule has 3 N–H and O–H groups in total. The number of hydrogen-bond donors (Lipinski definition) is 3. The molecule has 0 atom stereocenters. The maximum atomic E-state index is 13.1. The average molecular weight is 485 g/mol. The third-order valence-corrected chi connectivity index (χ3v) is 5.81. The first kappa shape index (κ1) is 24.7. The van der Waals surface area contributed by atoms with Gasteiger partial charge in [-0.3, -0.25) is 9.59 Å². The maximum absolute atomic E-state index is 13.1. The van der Waals surface area contributed by atoms with Crippen molar-refractivity contribution in [3.63, 3.8) is 0 Å². The van der Waals surface area contributed by atoms with E-state index < -0.39 is 5.97 Å². The predicted octanol–water partition coefficient (Wildman–Crippen LogP) is 3.98. The quantitative estimate of drug-likeness (QED) is 0.330. The molecule has 1 heterocycles. The number of ether oxygens (including phenoxy) is 1. The highest BCUT2D eigenvalue weighted by Crippen LogP contribution is 2.38. The van der Waals surface area contributed by atoms with Crippen molar-refractivity contribution >= 4 is 46.1 Å². The fraction of sp³-hybridized carbons (Fsp3) is 0.179. The first-order valence-corrected chi connectivity index (χ1v) is 11.6. The summed E-state index contributed by atoms with van der Waals surface area (Å²) in [5.74, 6) is -0.759. The molecule has 36 heavy (non-hydrogen) atoms. The molecule has 0 saturated heterocycles. The van der Waals surface area contributed by atoms with Crippen LogP contribution < -0.4 is 20.9 Å². The summed E-state index contributed by atoms with van der Waals surface area (Å²) < 4.78 is 5.09. The van der Waals surface area contributed by atoms with Crippen LogP contribution in [0.5, 0.6) is 0 Å². The van der Waals surface area contributed by atoms with Crippen LogP contribution in [0.4, 0.5) is 17.1 Å². The first-order valence-electron chi connectivity index (χ1n) is 11.6. The zero-order chi connectivity index (χ0) is 25.7. The smallest absolute Gasteiger partial charge is 0.338 e. The van der Waals surface area contributed by atoms with Crippen molar-refractivity contribution in [2.24, 2.45) is 0 Å². The zero-order valence-electron chi connectivity index (χ0n) is 20.4. The molecule has 0 spiro atoms. The Bertz CT molecular complexity index is 1320. The molecule has 0 unspecified atom stereocenters. The van der Waals surface area contributed by atoms with Gasteiger partial charge in [-0.1, -0.05) is 36.4 Å². The second-order valence-corrected chi connectivity index (χ2v) is 8.21. The van der Waals surface area contributed by atoms with Crippen LogP contribution in [0.1, 0.15) is 28.4 Å². The Morgan fingerprint density at radius 3 is 2.36 bits per heavy atom. The van der Waals surface area contributed by atoms with E-state index in [9.17, 15) is 14.4 Å². The van der Waals surface area contributed by atoms with Gasteiger partial charge in [0.1, 0.15) is 0 Å². The number of carbonyl (C=O) groups is 3. The summed E-state index contributed by atoms with van der Waals surface area (Å²) in [4.78, 5) is 39.1. The van der Waals surface area contributed by atoms with Crippen LogP contribution in [0.25, 0.3) is 11.3 Å². The number of hydrogen-bond acceptors (Lipinski definition) is 6. The zero-order valence-corrected chi connectivity index (χ0v) is 20.4. The van der Waals surface area contributed by atoms with Crippen molar-refractivity contribution in [1.29, 1.82) is 0 Å². The number of rotatable bonds is 8. The molecule has 3 aromatic rings. The van der Waals surface area contributed by atoms with Crippen molar-refractivity contribution in [3.05, 3.63) is 89.5 Å². The van der Waals surface area contributed by atoms with Gasteiger partial charge in [-0.05, 0) is 55.9 Å². The van der Waals surface area contributed by atoms with Crippen molar-refractivity contribution in [1.82, 2.24) is 5.32 Å². The van der Waals surface area contributed by atoms with Crippen LogP contribution in [0.15, 0.2) is 72.8 Å².